The molecule has 0 unspecified atom stereocenters. The highest BCUT2D eigenvalue weighted by molar-refractivity contribution is 8.10. The monoisotopic (exact) mass is 604 g/mol. The van der Waals surface area contributed by atoms with Gasteiger partial charge in [0.05, 0.1) is 36.8 Å². The molecule has 0 amide bonds. The first kappa shape index (κ1) is 29.0. The molecule has 4 aromatic rings. The first-order valence-corrected chi connectivity index (χ1v) is 15.3. The molecular formula is C31H28N2O7S2. The van der Waals surface area contributed by atoms with Crippen molar-refractivity contribution < 1.29 is 32.2 Å². The second-order valence-corrected chi connectivity index (χ2v) is 12.2. The van der Waals surface area contributed by atoms with Crippen LogP contribution in [-0.4, -0.2) is 45.7 Å². The summed E-state index contributed by atoms with van der Waals surface area (Å²) in [5, 5.41) is -1.16. The van der Waals surface area contributed by atoms with Gasteiger partial charge >= 0.3 is 5.97 Å². The average Bonchev–Trinajstić information content (AvgIpc) is 3.30. The zero-order valence-electron chi connectivity index (χ0n) is 23.1. The van der Waals surface area contributed by atoms with Crippen LogP contribution in [0.1, 0.15) is 28.1 Å². The second kappa shape index (κ2) is 11.8. The fourth-order valence-electron chi connectivity index (χ4n) is 4.74. The number of nitrogens with zero attached hydrogens (tertiary/aromatic N) is 1. The van der Waals surface area contributed by atoms with Crippen LogP contribution in [-0.2, 0) is 19.4 Å². The van der Waals surface area contributed by atoms with E-state index in [2.05, 4.69) is 0 Å². The minimum atomic E-state index is -4.34. The van der Waals surface area contributed by atoms with E-state index >= 15 is 0 Å². The molecule has 0 fully saturated rings. The number of methoxy groups -OCH3 is 2. The molecule has 9 nitrogen and oxygen atoms in total. The van der Waals surface area contributed by atoms with Gasteiger partial charge in [-0.25, -0.2) is 13.2 Å². The SMILES string of the molecule is CCOC(=O)C1=c2/c(=C/c3cccc(OC)c3)c(N)c(S(=O)(=O)c3ccccc3)n2C(=O)[C@@H](c2cccc(OC)c2)S1. The molecule has 11 heteroatoms. The maximum Gasteiger partial charge on any atom is 0.346 e. The molecule has 1 atom stereocenters. The number of fused-ring (bicyclic) bond motifs is 1. The lowest BCUT2D eigenvalue weighted by Gasteiger charge is -2.24. The number of ether oxygens (including phenoxy) is 3. The van der Waals surface area contributed by atoms with E-state index in [0.717, 1.165) is 16.3 Å². The van der Waals surface area contributed by atoms with Crippen molar-refractivity contribution in [2.24, 2.45) is 0 Å². The standard InChI is InChI=1S/C31H28N2O7S2/c1-4-40-31(35)28-26-24(17-19-10-8-12-21(16-19)38-2)25(32)30(42(36,37)23-14-6-5-7-15-23)33(26)29(34)27(41-28)20-11-9-13-22(18-20)39-3/h5-18,27H,4,32H2,1-3H3/b24-17+/t27-/m1/s1. The molecule has 42 heavy (non-hydrogen) atoms. The average molecular weight is 605 g/mol. The Bertz CT molecular complexity index is 1920. The van der Waals surface area contributed by atoms with E-state index < -0.39 is 32.0 Å². The summed E-state index contributed by atoms with van der Waals surface area (Å²) in [5.74, 6) is -0.223. The van der Waals surface area contributed by atoms with Gasteiger partial charge in [0.2, 0.25) is 15.7 Å². The van der Waals surface area contributed by atoms with Crippen molar-refractivity contribution in [2.45, 2.75) is 22.1 Å². The number of nitrogen functional groups attached to an aromatic ring is 1. The summed E-state index contributed by atoms with van der Waals surface area (Å²) in [6.07, 6.45) is 1.63. The third-order valence-electron chi connectivity index (χ3n) is 6.67. The number of benzene rings is 3. The van der Waals surface area contributed by atoms with Crippen molar-refractivity contribution in [3.63, 3.8) is 0 Å². The van der Waals surface area contributed by atoms with E-state index in [4.69, 9.17) is 19.9 Å². The van der Waals surface area contributed by atoms with Gasteiger partial charge in [-0.05, 0) is 60.5 Å². The van der Waals surface area contributed by atoms with Gasteiger partial charge in [0.25, 0.3) is 0 Å². The van der Waals surface area contributed by atoms with E-state index in [-0.39, 0.29) is 32.7 Å². The number of sulfone groups is 1. The number of rotatable bonds is 8. The Labute approximate surface area is 247 Å². The summed E-state index contributed by atoms with van der Waals surface area (Å²) < 4.78 is 45.4. The molecule has 0 bridgehead atoms. The van der Waals surface area contributed by atoms with E-state index in [1.807, 2.05) is 0 Å². The van der Waals surface area contributed by atoms with Crippen LogP contribution < -0.4 is 25.8 Å². The Morgan fingerprint density at radius 1 is 0.976 bits per heavy atom. The Hall–Kier alpha value is -4.48. The zero-order chi connectivity index (χ0) is 30.0. The molecule has 1 aromatic heterocycles. The molecule has 1 aliphatic heterocycles. The van der Waals surface area contributed by atoms with Crippen LogP contribution in [0, 0.1) is 0 Å². The van der Waals surface area contributed by atoms with E-state index in [1.54, 1.807) is 79.7 Å². The predicted octanol–water partition coefficient (Wildman–Crippen LogP) is 3.55. The number of esters is 1. The van der Waals surface area contributed by atoms with Crippen LogP contribution in [0.5, 0.6) is 11.5 Å². The number of nitrogens with two attached hydrogens (primary N) is 1. The number of hydrogen-bond donors (Lipinski definition) is 1. The summed E-state index contributed by atoms with van der Waals surface area (Å²) in [6.45, 7) is 1.74. The van der Waals surface area contributed by atoms with Gasteiger partial charge in [0, 0.05) is 5.22 Å². The van der Waals surface area contributed by atoms with Crippen molar-refractivity contribution in [3.05, 3.63) is 101 Å². The van der Waals surface area contributed by atoms with Crippen molar-refractivity contribution in [1.29, 1.82) is 0 Å². The van der Waals surface area contributed by atoms with E-state index in [1.165, 1.54) is 26.4 Å². The quantitative estimate of drug-likeness (QED) is 0.301. The topological polar surface area (TPSA) is 127 Å². The number of carbonyl (C=O) groups is 2. The summed E-state index contributed by atoms with van der Waals surface area (Å²) in [4.78, 5) is 27.8. The first-order valence-electron chi connectivity index (χ1n) is 12.9. The number of anilines is 1. The largest absolute Gasteiger partial charge is 0.497 e. The summed E-state index contributed by atoms with van der Waals surface area (Å²) in [7, 11) is -1.31. The first-order chi connectivity index (χ1) is 20.2. The van der Waals surface area contributed by atoms with E-state index in [0.29, 0.717) is 22.6 Å². The molecule has 216 valence electrons. The second-order valence-electron chi connectivity index (χ2n) is 9.22. The van der Waals surface area contributed by atoms with Crippen LogP contribution in [0.4, 0.5) is 5.69 Å². The van der Waals surface area contributed by atoms with Gasteiger partial charge in [-0.2, -0.15) is 0 Å². The van der Waals surface area contributed by atoms with Crippen molar-refractivity contribution >= 4 is 50.1 Å². The van der Waals surface area contributed by atoms with Gasteiger partial charge in [0.15, 0.2) is 5.03 Å². The molecule has 0 spiro atoms. The van der Waals surface area contributed by atoms with Crippen LogP contribution in [0.3, 0.4) is 0 Å². The Balaban J connectivity index is 1.92. The van der Waals surface area contributed by atoms with Crippen molar-refractivity contribution in [1.82, 2.24) is 4.57 Å². The van der Waals surface area contributed by atoms with Gasteiger partial charge in [0.1, 0.15) is 21.7 Å². The lowest BCUT2D eigenvalue weighted by molar-refractivity contribution is -0.135. The predicted molar refractivity (Wildman–Crippen MR) is 161 cm³/mol. The highest BCUT2D eigenvalue weighted by Gasteiger charge is 2.40. The third-order valence-corrected chi connectivity index (χ3v) is 9.78. The number of aromatic nitrogens is 1. The molecule has 1 aliphatic rings. The van der Waals surface area contributed by atoms with Crippen molar-refractivity contribution in [3.8, 4) is 11.5 Å². The molecular weight excluding hydrogens is 576 g/mol. The van der Waals surface area contributed by atoms with Gasteiger partial charge < -0.3 is 19.9 Å². The molecule has 0 saturated carbocycles. The molecule has 2 N–H and O–H groups in total. The Morgan fingerprint density at radius 2 is 1.64 bits per heavy atom. The summed E-state index contributed by atoms with van der Waals surface area (Å²) >= 11 is 0.985. The van der Waals surface area contributed by atoms with Gasteiger partial charge in [-0.3, -0.25) is 9.36 Å². The minimum Gasteiger partial charge on any atom is -0.497 e. The molecule has 0 saturated heterocycles. The Morgan fingerprint density at radius 3 is 2.31 bits per heavy atom. The molecule has 2 heterocycles. The van der Waals surface area contributed by atoms with Crippen molar-refractivity contribution in [2.75, 3.05) is 26.6 Å². The lowest BCUT2D eigenvalue weighted by Crippen LogP contribution is -2.42. The third kappa shape index (κ3) is 5.17. The highest BCUT2D eigenvalue weighted by atomic mass is 32.2. The highest BCUT2D eigenvalue weighted by Crippen LogP contribution is 2.41. The van der Waals surface area contributed by atoms with Crippen LogP contribution in [0.2, 0.25) is 0 Å². The number of hydrogen-bond acceptors (Lipinski definition) is 9. The molecule has 0 radical (unpaired) electrons. The van der Waals surface area contributed by atoms with Crippen LogP contribution >= 0.6 is 11.8 Å². The van der Waals surface area contributed by atoms with Gasteiger partial charge in [-0.1, -0.05) is 54.2 Å². The number of thioether (sulfide) groups is 1. The lowest BCUT2D eigenvalue weighted by atomic mass is 10.1. The zero-order valence-corrected chi connectivity index (χ0v) is 24.7. The number of carbonyl (C=O) groups excluding carboxylic acids is 2. The fraction of sp³-hybridized carbons (Fsp3) is 0.161. The van der Waals surface area contributed by atoms with E-state index in [9.17, 15) is 18.0 Å². The molecule has 0 aliphatic carbocycles. The van der Waals surface area contributed by atoms with Crippen LogP contribution in [0.15, 0.2) is 88.8 Å². The fourth-order valence-corrected chi connectivity index (χ4v) is 7.49. The smallest absolute Gasteiger partial charge is 0.346 e. The normalized spacial score (nSPS) is 15.3. The van der Waals surface area contributed by atoms with Gasteiger partial charge in [-0.15, -0.1) is 0 Å². The summed E-state index contributed by atoms with van der Waals surface area (Å²) in [6, 6.07) is 21.6. The molecule has 5 rings (SSSR count). The summed E-state index contributed by atoms with van der Waals surface area (Å²) in [5.41, 5.74) is 7.61. The maximum atomic E-state index is 14.3. The maximum absolute atomic E-state index is 14.3. The minimum absolute atomic E-state index is 0.0495. The van der Waals surface area contributed by atoms with Crippen LogP contribution in [0.25, 0.3) is 11.0 Å². The molecule has 3 aromatic carbocycles. The Kier molecular flexibility index (Phi) is 8.15.